The maximum Gasteiger partial charge on any atom is 0.210 e. The van der Waals surface area contributed by atoms with Gasteiger partial charge in [0.25, 0.3) is 0 Å². The summed E-state index contributed by atoms with van der Waals surface area (Å²) in [5.41, 5.74) is 9.28. The van der Waals surface area contributed by atoms with Crippen LogP contribution in [-0.2, 0) is 9.84 Å². The topological polar surface area (TPSA) is 52.0 Å². The number of hydrogen-bond donors (Lipinski definition) is 0. The summed E-state index contributed by atoms with van der Waals surface area (Å²) >= 11 is 0. The van der Waals surface area contributed by atoms with E-state index in [0.717, 1.165) is 60.8 Å². The van der Waals surface area contributed by atoms with Gasteiger partial charge in [-0.1, -0.05) is 140 Å². The number of para-hydroxylation sites is 1. The fraction of sp³-hybridized carbons (Fsp3) is 0. The van der Waals surface area contributed by atoms with Gasteiger partial charge in [0.1, 0.15) is 5.82 Å². The van der Waals surface area contributed by atoms with Gasteiger partial charge in [-0.15, -0.1) is 0 Å². The Morgan fingerprint density at radius 2 is 0.940 bits per heavy atom. The van der Waals surface area contributed by atoms with E-state index in [1.807, 2.05) is 59.2 Å². The first-order valence-electron chi connectivity index (χ1n) is 16.6. The molecule has 9 aromatic rings. The highest BCUT2D eigenvalue weighted by Crippen LogP contribution is 2.47. The number of nitrogens with zero attached hydrogens (tertiary/aromatic N) is 2. The lowest BCUT2D eigenvalue weighted by atomic mass is 9.85. The van der Waals surface area contributed by atoms with Crippen molar-refractivity contribution in [3.05, 3.63) is 170 Å². The van der Waals surface area contributed by atoms with Crippen molar-refractivity contribution in [1.29, 1.82) is 0 Å². The molecule has 1 aliphatic rings. The van der Waals surface area contributed by atoms with E-state index in [0.29, 0.717) is 16.7 Å². The molecule has 8 aromatic carbocycles. The summed E-state index contributed by atoms with van der Waals surface area (Å²) in [7, 11) is -3.86. The summed E-state index contributed by atoms with van der Waals surface area (Å²) in [5, 5.41) is 4.35. The number of fused-ring (bicyclic) bond motifs is 4. The van der Waals surface area contributed by atoms with Crippen LogP contribution in [0.4, 0.5) is 0 Å². The smallest absolute Gasteiger partial charge is 0.210 e. The normalized spacial score (nSPS) is 13.1. The summed E-state index contributed by atoms with van der Waals surface area (Å²) in [6.07, 6.45) is 0. The second-order valence-corrected chi connectivity index (χ2v) is 14.6. The summed E-state index contributed by atoms with van der Waals surface area (Å²) < 4.78 is 31.0. The van der Waals surface area contributed by atoms with Crippen LogP contribution < -0.4 is 0 Å². The van der Waals surface area contributed by atoms with Gasteiger partial charge in [-0.3, -0.25) is 4.57 Å². The number of benzene rings is 8. The monoisotopic (exact) mass is 660 g/mol. The number of rotatable bonds is 4. The van der Waals surface area contributed by atoms with E-state index in [9.17, 15) is 8.42 Å². The number of imidazole rings is 1. The Morgan fingerprint density at radius 3 is 1.58 bits per heavy atom. The molecule has 50 heavy (non-hydrogen) atoms. The van der Waals surface area contributed by atoms with E-state index in [2.05, 4.69) is 103 Å². The standard InChI is InChI=1S/C45H28N2O2S/c48-50(49)40-24-12-23-38-44(40)47(45(46-38)30-15-5-2-6-16-30)39-26-25-33(28-41(39)50)43-36-21-9-7-19-34(36)42(35-20-8-10-22-37(35)43)32-18-11-17-31(27-32)29-13-3-1-4-14-29/h1-28H. The first-order valence-corrected chi connectivity index (χ1v) is 18.1. The van der Waals surface area contributed by atoms with E-state index in [1.54, 1.807) is 12.1 Å². The number of aromatic nitrogens is 2. The summed E-state index contributed by atoms with van der Waals surface area (Å²) in [6, 6.07) is 57.3. The molecule has 2 heterocycles. The van der Waals surface area contributed by atoms with Crippen LogP contribution in [0.1, 0.15) is 0 Å². The highest BCUT2D eigenvalue weighted by molar-refractivity contribution is 7.92. The molecule has 0 bridgehead atoms. The van der Waals surface area contributed by atoms with Gasteiger partial charge < -0.3 is 0 Å². The highest BCUT2D eigenvalue weighted by atomic mass is 32.2. The van der Waals surface area contributed by atoms with Gasteiger partial charge in [-0.25, -0.2) is 13.4 Å². The molecule has 0 fully saturated rings. The summed E-state index contributed by atoms with van der Waals surface area (Å²) in [4.78, 5) is 5.50. The minimum absolute atomic E-state index is 0.276. The van der Waals surface area contributed by atoms with Crippen LogP contribution in [0.3, 0.4) is 0 Å². The van der Waals surface area contributed by atoms with Crippen molar-refractivity contribution >= 4 is 42.4 Å². The van der Waals surface area contributed by atoms with Gasteiger partial charge in [0.2, 0.25) is 9.84 Å². The molecule has 4 nitrogen and oxygen atoms in total. The van der Waals surface area contributed by atoms with E-state index < -0.39 is 9.84 Å². The lowest BCUT2D eigenvalue weighted by Crippen LogP contribution is -2.15. The Kier molecular flexibility index (Phi) is 6.23. The molecule has 0 spiro atoms. The quantitative estimate of drug-likeness (QED) is 0.177. The summed E-state index contributed by atoms with van der Waals surface area (Å²) in [5.74, 6) is 0.718. The van der Waals surface area contributed by atoms with Crippen molar-refractivity contribution in [2.75, 3.05) is 0 Å². The Morgan fingerprint density at radius 1 is 0.420 bits per heavy atom. The zero-order valence-corrected chi connectivity index (χ0v) is 27.6. The van der Waals surface area contributed by atoms with Gasteiger partial charge >= 0.3 is 0 Å². The van der Waals surface area contributed by atoms with Gasteiger partial charge in [0.15, 0.2) is 0 Å². The predicted octanol–water partition coefficient (Wildman–Crippen LogP) is 11.1. The number of hydrogen-bond acceptors (Lipinski definition) is 3. The maximum atomic E-state index is 14.5. The Balaban J connectivity index is 1.24. The molecule has 1 aromatic heterocycles. The fourth-order valence-electron chi connectivity index (χ4n) is 7.75. The van der Waals surface area contributed by atoms with Crippen LogP contribution in [0.2, 0.25) is 0 Å². The molecule has 0 radical (unpaired) electrons. The van der Waals surface area contributed by atoms with Crippen molar-refractivity contribution < 1.29 is 8.42 Å². The molecular formula is C45H28N2O2S. The van der Waals surface area contributed by atoms with E-state index in [-0.39, 0.29) is 9.79 Å². The maximum absolute atomic E-state index is 14.5. The minimum Gasteiger partial charge on any atom is -0.290 e. The van der Waals surface area contributed by atoms with Crippen LogP contribution in [0.25, 0.3) is 83.0 Å². The average Bonchev–Trinajstić information content (AvgIpc) is 3.57. The van der Waals surface area contributed by atoms with Gasteiger partial charge in [0, 0.05) is 5.56 Å². The van der Waals surface area contributed by atoms with E-state index in [1.165, 1.54) is 5.56 Å². The van der Waals surface area contributed by atoms with Crippen LogP contribution in [0, 0.1) is 0 Å². The molecular weight excluding hydrogens is 633 g/mol. The molecule has 0 saturated carbocycles. The SMILES string of the molecule is O=S1(=O)c2cc(-c3c4ccccc4c(-c4cccc(-c5ccccc5)c4)c4ccccc34)ccc2-n2c(-c3ccccc3)nc3cccc1c32. The molecule has 5 heteroatoms. The van der Waals surface area contributed by atoms with Crippen LogP contribution >= 0.6 is 0 Å². The zero-order valence-electron chi connectivity index (χ0n) is 26.8. The molecule has 10 rings (SSSR count). The average molecular weight is 661 g/mol. The molecule has 0 amide bonds. The molecule has 1 aliphatic heterocycles. The first kappa shape index (κ1) is 28.7. The van der Waals surface area contributed by atoms with Gasteiger partial charge in [-0.2, -0.15) is 0 Å². The van der Waals surface area contributed by atoms with Crippen LogP contribution in [-0.4, -0.2) is 18.0 Å². The molecule has 0 saturated heterocycles. The van der Waals surface area contributed by atoms with Gasteiger partial charge in [-0.05, 0) is 85.3 Å². The van der Waals surface area contributed by atoms with Crippen molar-refractivity contribution in [3.63, 3.8) is 0 Å². The Bertz CT molecular complexity index is 2870. The molecule has 0 atom stereocenters. The first-order chi connectivity index (χ1) is 24.6. The fourth-order valence-corrected chi connectivity index (χ4v) is 9.41. The highest BCUT2D eigenvalue weighted by Gasteiger charge is 2.34. The van der Waals surface area contributed by atoms with Crippen molar-refractivity contribution in [2.45, 2.75) is 9.79 Å². The molecule has 0 N–H and O–H groups in total. The van der Waals surface area contributed by atoms with Gasteiger partial charge in [0.05, 0.1) is 26.5 Å². The van der Waals surface area contributed by atoms with Crippen molar-refractivity contribution in [3.8, 4) is 50.5 Å². The predicted molar refractivity (Wildman–Crippen MR) is 203 cm³/mol. The van der Waals surface area contributed by atoms with E-state index in [4.69, 9.17) is 4.98 Å². The molecule has 236 valence electrons. The Hall–Kier alpha value is -6.30. The Labute approximate surface area is 289 Å². The second-order valence-electron chi connectivity index (χ2n) is 12.7. The lowest BCUT2D eigenvalue weighted by molar-refractivity contribution is 0.594. The summed E-state index contributed by atoms with van der Waals surface area (Å²) in [6.45, 7) is 0. The van der Waals surface area contributed by atoms with Crippen molar-refractivity contribution in [2.24, 2.45) is 0 Å². The number of sulfone groups is 1. The van der Waals surface area contributed by atoms with Crippen LogP contribution in [0.5, 0.6) is 0 Å². The third-order valence-corrected chi connectivity index (χ3v) is 11.7. The molecule has 0 unspecified atom stereocenters. The molecule has 0 aliphatic carbocycles. The zero-order chi connectivity index (χ0) is 33.4. The van der Waals surface area contributed by atoms with Crippen molar-refractivity contribution in [1.82, 2.24) is 9.55 Å². The van der Waals surface area contributed by atoms with E-state index >= 15 is 0 Å². The van der Waals surface area contributed by atoms with Crippen LogP contribution in [0.15, 0.2) is 180 Å². The lowest BCUT2D eigenvalue weighted by Gasteiger charge is -2.23. The second kappa shape index (κ2) is 10.9. The third-order valence-electron chi connectivity index (χ3n) is 9.93. The minimum atomic E-state index is -3.86. The third kappa shape index (κ3) is 4.17. The largest absolute Gasteiger partial charge is 0.290 e.